The van der Waals surface area contributed by atoms with Gasteiger partial charge >= 0.3 is 5.97 Å². The minimum absolute atomic E-state index is 0.0392. The summed E-state index contributed by atoms with van der Waals surface area (Å²) < 4.78 is 5.41. The third-order valence-electron chi connectivity index (χ3n) is 8.36. The van der Waals surface area contributed by atoms with Crippen LogP contribution >= 0.6 is 0 Å². The summed E-state index contributed by atoms with van der Waals surface area (Å²) in [5.41, 5.74) is 8.36. The fraction of sp³-hybridized carbons (Fsp3) is 0.382. The number of carboxylic acid groups (broad SMARTS) is 1. The lowest BCUT2D eigenvalue weighted by atomic mass is 9.69. The third-order valence-corrected chi connectivity index (χ3v) is 8.36. The predicted molar refractivity (Wildman–Crippen MR) is 155 cm³/mol. The Kier molecular flexibility index (Phi) is 8.54. The highest BCUT2D eigenvalue weighted by molar-refractivity contribution is 5.72. The first kappa shape index (κ1) is 27.8. The first-order valence-corrected chi connectivity index (χ1v) is 13.7. The van der Waals surface area contributed by atoms with E-state index in [-0.39, 0.29) is 11.8 Å². The first-order chi connectivity index (χ1) is 18.2. The van der Waals surface area contributed by atoms with E-state index >= 15 is 0 Å². The minimum Gasteiger partial charge on any atom is -0.481 e. The molecule has 1 aliphatic heterocycles. The Hall–Kier alpha value is -3.21. The molecule has 0 radical (unpaired) electrons. The molecule has 3 aromatic rings. The fourth-order valence-electron chi connectivity index (χ4n) is 5.79. The zero-order valence-electron chi connectivity index (χ0n) is 23.1. The van der Waals surface area contributed by atoms with E-state index < -0.39 is 11.6 Å². The molecular weight excluding hydrogens is 472 g/mol. The van der Waals surface area contributed by atoms with Crippen LogP contribution in [0.2, 0.25) is 0 Å². The lowest BCUT2D eigenvalue weighted by molar-refractivity contribution is -0.136. The topological polar surface area (TPSA) is 66.8 Å². The van der Waals surface area contributed by atoms with Crippen LogP contribution in [0.4, 0.5) is 0 Å². The molecule has 1 saturated heterocycles. The van der Waals surface area contributed by atoms with Gasteiger partial charge in [-0.15, -0.1) is 0 Å². The van der Waals surface area contributed by atoms with Crippen molar-refractivity contribution in [3.8, 4) is 11.1 Å². The van der Waals surface area contributed by atoms with Crippen molar-refractivity contribution in [1.82, 2.24) is 0 Å². The average molecular weight is 513 g/mol. The number of benzene rings is 3. The van der Waals surface area contributed by atoms with E-state index in [1.54, 1.807) is 0 Å². The molecule has 0 spiro atoms. The van der Waals surface area contributed by atoms with E-state index in [1.165, 1.54) is 27.8 Å². The standard InChI is InChI=1S/C34H40O4/c1-5-34(6-2,29-12-11-27(24(3)21-29)15-16-33(37)17-19-38-20-18-33)30-13-14-31(25(4)22-30)28-9-7-26(8-10-28)23-32(35)36/h7-16,21-22,37H,5-6,17-20,23H2,1-4H3,(H,35,36). The Morgan fingerprint density at radius 2 is 1.53 bits per heavy atom. The number of carboxylic acids is 1. The van der Waals surface area contributed by atoms with Gasteiger partial charge in [-0.05, 0) is 71.2 Å². The van der Waals surface area contributed by atoms with Gasteiger partial charge in [-0.3, -0.25) is 4.79 Å². The average Bonchev–Trinajstić information content (AvgIpc) is 2.90. The number of aliphatic hydroxyl groups is 1. The number of carbonyl (C=O) groups is 1. The molecule has 1 aliphatic rings. The van der Waals surface area contributed by atoms with Gasteiger partial charge in [-0.1, -0.05) is 86.7 Å². The van der Waals surface area contributed by atoms with Gasteiger partial charge in [-0.25, -0.2) is 0 Å². The summed E-state index contributed by atoms with van der Waals surface area (Å²) in [6.07, 6.45) is 7.29. The van der Waals surface area contributed by atoms with Crippen molar-refractivity contribution in [3.05, 3.63) is 100 Å². The summed E-state index contributed by atoms with van der Waals surface area (Å²) in [5.74, 6) is -0.815. The van der Waals surface area contributed by atoms with Gasteiger partial charge in [0.15, 0.2) is 0 Å². The maximum absolute atomic E-state index is 11.0. The molecule has 200 valence electrons. The molecule has 0 atom stereocenters. The Morgan fingerprint density at radius 1 is 0.921 bits per heavy atom. The predicted octanol–water partition coefficient (Wildman–Crippen LogP) is 7.26. The highest BCUT2D eigenvalue weighted by atomic mass is 16.5. The Balaban J connectivity index is 1.63. The molecule has 1 fully saturated rings. The maximum Gasteiger partial charge on any atom is 0.307 e. The molecule has 0 aromatic heterocycles. The summed E-state index contributed by atoms with van der Waals surface area (Å²) in [5, 5.41) is 19.9. The summed E-state index contributed by atoms with van der Waals surface area (Å²) in [4.78, 5) is 11.0. The first-order valence-electron chi connectivity index (χ1n) is 13.7. The summed E-state index contributed by atoms with van der Waals surface area (Å²) in [7, 11) is 0. The lowest BCUT2D eigenvalue weighted by Gasteiger charge is -2.34. The zero-order valence-corrected chi connectivity index (χ0v) is 23.1. The van der Waals surface area contributed by atoms with Gasteiger partial charge in [0.1, 0.15) is 0 Å². The van der Waals surface area contributed by atoms with Crippen LogP contribution in [0.15, 0.2) is 66.7 Å². The quantitative estimate of drug-likeness (QED) is 0.317. The zero-order chi connectivity index (χ0) is 27.3. The number of aliphatic carboxylic acids is 1. The molecule has 38 heavy (non-hydrogen) atoms. The van der Waals surface area contributed by atoms with E-state index in [0.717, 1.165) is 29.5 Å². The van der Waals surface area contributed by atoms with Crippen LogP contribution < -0.4 is 0 Å². The van der Waals surface area contributed by atoms with Crippen molar-refractivity contribution in [3.63, 3.8) is 0 Å². The maximum atomic E-state index is 11.0. The lowest BCUT2D eigenvalue weighted by Crippen LogP contribution is -2.33. The Morgan fingerprint density at radius 3 is 2.08 bits per heavy atom. The van der Waals surface area contributed by atoms with E-state index in [9.17, 15) is 9.90 Å². The van der Waals surface area contributed by atoms with Gasteiger partial charge in [0, 0.05) is 31.5 Å². The van der Waals surface area contributed by atoms with Crippen LogP contribution in [-0.4, -0.2) is 35.0 Å². The number of hydrogen-bond acceptors (Lipinski definition) is 3. The van der Waals surface area contributed by atoms with E-state index in [0.29, 0.717) is 26.1 Å². The number of ether oxygens (including phenoxy) is 1. The smallest absolute Gasteiger partial charge is 0.307 e. The Bertz CT molecular complexity index is 1290. The fourth-order valence-corrected chi connectivity index (χ4v) is 5.79. The van der Waals surface area contributed by atoms with Gasteiger partial charge in [0.25, 0.3) is 0 Å². The molecule has 0 unspecified atom stereocenters. The number of aryl methyl sites for hydroxylation is 2. The number of rotatable bonds is 9. The van der Waals surface area contributed by atoms with Crippen LogP contribution in [0.1, 0.15) is 72.9 Å². The number of hydrogen-bond donors (Lipinski definition) is 2. The Labute approximate surface area is 227 Å². The van der Waals surface area contributed by atoms with Crippen LogP contribution in [0.3, 0.4) is 0 Å². The second kappa shape index (κ2) is 11.7. The van der Waals surface area contributed by atoms with Crippen LogP contribution in [-0.2, 0) is 21.4 Å². The summed E-state index contributed by atoms with van der Waals surface area (Å²) in [6, 6.07) is 21.3. The third kappa shape index (κ3) is 5.92. The largest absolute Gasteiger partial charge is 0.481 e. The van der Waals surface area contributed by atoms with E-state index in [2.05, 4.69) is 70.2 Å². The monoisotopic (exact) mass is 512 g/mol. The van der Waals surface area contributed by atoms with Crippen LogP contribution in [0, 0.1) is 13.8 Å². The van der Waals surface area contributed by atoms with Crippen molar-refractivity contribution < 1.29 is 19.7 Å². The van der Waals surface area contributed by atoms with Crippen LogP contribution in [0.25, 0.3) is 17.2 Å². The van der Waals surface area contributed by atoms with E-state index in [1.807, 2.05) is 30.3 Å². The molecule has 0 saturated carbocycles. The molecule has 0 aliphatic carbocycles. The molecular formula is C34H40O4. The second-order valence-corrected chi connectivity index (χ2v) is 10.7. The molecule has 1 heterocycles. The van der Waals surface area contributed by atoms with Gasteiger partial charge in [0.2, 0.25) is 0 Å². The van der Waals surface area contributed by atoms with E-state index in [4.69, 9.17) is 9.84 Å². The normalized spacial score (nSPS) is 15.6. The SMILES string of the molecule is CCC(CC)(c1ccc(C=CC2(O)CCOCC2)c(C)c1)c1ccc(-c2ccc(CC(=O)O)cc2)c(C)c1. The molecule has 0 amide bonds. The highest BCUT2D eigenvalue weighted by Crippen LogP contribution is 2.41. The molecule has 2 N–H and O–H groups in total. The van der Waals surface area contributed by atoms with Crippen molar-refractivity contribution in [1.29, 1.82) is 0 Å². The van der Waals surface area contributed by atoms with Crippen LogP contribution in [0.5, 0.6) is 0 Å². The molecule has 4 nitrogen and oxygen atoms in total. The highest BCUT2D eigenvalue weighted by Gasteiger charge is 2.31. The molecule has 0 bridgehead atoms. The molecule has 3 aromatic carbocycles. The summed E-state index contributed by atoms with van der Waals surface area (Å²) in [6.45, 7) is 10.0. The van der Waals surface area contributed by atoms with Gasteiger partial charge in [-0.2, -0.15) is 0 Å². The van der Waals surface area contributed by atoms with Crippen molar-refractivity contribution >= 4 is 12.0 Å². The van der Waals surface area contributed by atoms with Crippen molar-refractivity contribution in [2.75, 3.05) is 13.2 Å². The second-order valence-electron chi connectivity index (χ2n) is 10.7. The summed E-state index contributed by atoms with van der Waals surface area (Å²) >= 11 is 0. The molecule has 4 heteroatoms. The van der Waals surface area contributed by atoms with Gasteiger partial charge in [0.05, 0.1) is 12.0 Å². The van der Waals surface area contributed by atoms with Crippen molar-refractivity contribution in [2.24, 2.45) is 0 Å². The molecule has 4 rings (SSSR count). The minimum atomic E-state index is -0.815. The van der Waals surface area contributed by atoms with Gasteiger partial charge < -0.3 is 14.9 Å². The van der Waals surface area contributed by atoms with Crippen molar-refractivity contribution in [2.45, 2.75) is 70.8 Å².